The summed E-state index contributed by atoms with van der Waals surface area (Å²) in [6, 6.07) is 3.54. The molecule has 1 fully saturated rings. The van der Waals surface area contributed by atoms with Crippen molar-refractivity contribution >= 4 is 17.6 Å². The van der Waals surface area contributed by atoms with Crippen LogP contribution in [0.25, 0.3) is 0 Å². The summed E-state index contributed by atoms with van der Waals surface area (Å²) in [5.41, 5.74) is 0.936. The van der Waals surface area contributed by atoms with E-state index in [1.807, 2.05) is 17.9 Å². The van der Waals surface area contributed by atoms with E-state index in [4.69, 9.17) is 16.3 Å². The van der Waals surface area contributed by atoms with Gasteiger partial charge in [0.15, 0.2) is 10.9 Å². The Balaban J connectivity index is 0.000000330. The Morgan fingerprint density at radius 1 is 1.38 bits per heavy atom. The summed E-state index contributed by atoms with van der Waals surface area (Å²) in [6.45, 7) is 5.22. The zero-order valence-corrected chi connectivity index (χ0v) is 19.0. The number of nitro groups is 2. The van der Waals surface area contributed by atoms with Crippen LogP contribution in [0.1, 0.15) is 18.9 Å². The fourth-order valence-corrected chi connectivity index (χ4v) is 2.84. The quantitative estimate of drug-likeness (QED) is 0.157. The van der Waals surface area contributed by atoms with Crippen LogP contribution >= 0.6 is 11.6 Å². The molecule has 1 atom stereocenters. The number of pyridine rings is 1. The maximum atomic E-state index is 10.5. The molecular formula is C18H29ClN8O5. The monoisotopic (exact) mass is 472 g/mol. The van der Waals surface area contributed by atoms with Crippen LogP contribution < -0.4 is 16.0 Å². The molecule has 0 radical (unpaired) electrons. The minimum absolute atomic E-state index is 0.182. The third-order valence-corrected chi connectivity index (χ3v) is 4.59. The van der Waals surface area contributed by atoms with Gasteiger partial charge >= 0.3 is 0 Å². The number of rotatable bonds is 9. The van der Waals surface area contributed by atoms with Crippen molar-refractivity contribution in [3.8, 4) is 0 Å². The molecule has 2 rings (SSSR count). The van der Waals surface area contributed by atoms with Gasteiger partial charge in [0, 0.05) is 52.5 Å². The molecule has 32 heavy (non-hydrogen) atoms. The molecule has 1 unspecified atom stereocenters. The summed E-state index contributed by atoms with van der Waals surface area (Å²) in [7, 11) is 3.23. The highest BCUT2D eigenvalue weighted by molar-refractivity contribution is 6.29. The minimum Gasteiger partial charge on any atom is -0.381 e. The Morgan fingerprint density at radius 2 is 2.12 bits per heavy atom. The summed E-state index contributed by atoms with van der Waals surface area (Å²) in [6.07, 6.45) is 3.60. The van der Waals surface area contributed by atoms with Gasteiger partial charge < -0.3 is 25.6 Å². The average Bonchev–Trinajstić information content (AvgIpc) is 3.28. The van der Waals surface area contributed by atoms with Crippen LogP contribution in [-0.4, -0.2) is 66.2 Å². The molecular weight excluding hydrogens is 444 g/mol. The Hall–Kier alpha value is -3.19. The molecule has 14 heteroatoms. The molecule has 0 spiro atoms. The average molecular weight is 473 g/mol. The highest BCUT2D eigenvalue weighted by Crippen LogP contribution is 2.11. The molecule has 0 aromatic carbocycles. The van der Waals surface area contributed by atoms with Crippen LogP contribution in [0.5, 0.6) is 0 Å². The van der Waals surface area contributed by atoms with Crippen LogP contribution in [0.2, 0.25) is 5.15 Å². The van der Waals surface area contributed by atoms with Crippen molar-refractivity contribution in [1.29, 1.82) is 0 Å². The topological polar surface area (TPSA) is 160 Å². The second-order valence-corrected chi connectivity index (χ2v) is 6.99. The van der Waals surface area contributed by atoms with Gasteiger partial charge in [0.25, 0.3) is 12.2 Å². The number of hydrogen-bond acceptors (Lipinski definition) is 8. The van der Waals surface area contributed by atoms with Crippen molar-refractivity contribution in [2.75, 3.05) is 40.4 Å². The maximum absolute atomic E-state index is 10.5. The van der Waals surface area contributed by atoms with Crippen molar-refractivity contribution < 1.29 is 14.7 Å². The third-order valence-electron chi connectivity index (χ3n) is 4.37. The highest BCUT2D eigenvalue weighted by Gasteiger charge is 2.16. The first-order valence-electron chi connectivity index (χ1n) is 9.89. The molecule has 178 valence electrons. The number of nitrogens with zero attached hydrogens (tertiary/aromatic N) is 5. The van der Waals surface area contributed by atoms with Gasteiger partial charge in [-0.15, -0.1) is 0 Å². The van der Waals surface area contributed by atoms with Crippen LogP contribution in [0.15, 0.2) is 35.5 Å². The molecule has 1 saturated heterocycles. The van der Waals surface area contributed by atoms with Crippen molar-refractivity contribution in [1.82, 2.24) is 25.8 Å². The first-order valence-corrected chi connectivity index (χ1v) is 10.3. The van der Waals surface area contributed by atoms with Gasteiger partial charge in [-0.3, -0.25) is 10.1 Å². The van der Waals surface area contributed by atoms with Crippen molar-refractivity contribution in [2.45, 2.75) is 19.9 Å². The van der Waals surface area contributed by atoms with Crippen molar-refractivity contribution in [3.05, 3.63) is 61.3 Å². The molecule has 0 saturated carbocycles. The Labute approximate surface area is 191 Å². The largest absolute Gasteiger partial charge is 0.381 e. The highest BCUT2D eigenvalue weighted by atomic mass is 35.5. The normalized spacial score (nSPS) is 15.9. The van der Waals surface area contributed by atoms with Crippen LogP contribution in [-0.2, 0) is 11.3 Å². The van der Waals surface area contributed by atoms with Crippen molar-refractivity contribution in [3.63, 3.8) is 0 Å². The number of nitrogens with one attached hydrogen (secondary N) is 3. The van der Waals surface area contributed by atoms with E-state index < -0.39 is 9.96 Å². The Bertz CT molecular complexity index is 784. The first-order chi connectivity index (χ1) is 15.3. The van der Waals surface area contributed by atoms with Gasteiger partial charge in [-0.05, 0) is 25.0 Å². The molecule has 2 heterocycles. The zero-order chi connectivity index (χ0) is 23.9. The lowest BCUT2D eigenvalue weighted by Gasteiger charge is -2.23. The number of ether oxygens (including phenoxy) is 1. The number of aromatic nitrogens is 1. The fourth-order valence-electron chi connectivity index (χ4n) is 2.73. The molecule has 3 N–H and O–H groups in total. The van der Waals surface area contributed by atoms with E-state index in [1.165, 1.54) is 0 Å². The maximum Gasteiger partial charge on any atom is 0.274 e. The van der Waals surface area contributed by atoms with E-state index in [1.54, 1.807) is 26.4 Å². The molecule has 0 bridgehead atoms. The summed E-state index contributed by atoms with van der Waals surface area (Å²) >= 11 is 5.70. The van der Waals surface area contributed by atoms with Crippen LogP contribution in [0.4, 0.5) is 0 Å². The SMILES string of the molecule is CCN(Cc1ccc(Cl)nc1)/C(=C/[N+](=O)[O-])NC.CN/C(=N/[N+](=O)[O-])NCC1CCOC1. The van der Waals surface area contributed by atoms with Gasteiger partial charge in [-0.1, -0.05) is 17.7 Å². The first kappa shape index (κ1) is 26.8. The fraction of sp³-hybridized carbons (Fsp3) is 0.556. The smallest absolute Gasteiger partial charge is 0.274 e. The number of guanidine groups is 1. The molecule has 1 aromatic heterocycles. The predicted molar refractivity (Wildman–Crippen MR) is 120 cm³/mol. The number of halogens is 1. The van der Waals surface area contributed by atoms with E-state index in [-0.39, 0.29) is 5.96 Å². The molecule has 13 nitrogen and oxygen atoms in total. The predicted octanol–water partition coefficient (Wildman–Crippen LogP) is 1.23. The van der Waals surface area contributed by atoms with Gasteiger partial charge in [0.1, 0.15) is 10.3 Å². The van der Waals surface area contributed by atoms with E-state index in [0.29, 0.717) is 43.1 Å². The summed E-state index contributed by atoms with van der Waals surface area (Å²) in [5, 5.41) is 31.7. The van der Waals surface area contributed by atoms with Gasteiger partial charge in [-0.25, -0.2) is 15.1 Å². The molecule has 1 aromatic rings. The van der Waals surface area contributed by atoms with Gasteiger partial charge in [-0.2, -0.15) is 0 Å². The van der Waals surface area contributed by atoms with Crippen molar-refractivity contribution in [2.24, 2.45) is 11.0 Å². The lowest BCUT2D eigenvalue weighted by Crippen LogP contribution is -2.38. The second kappa shape index (κ2) is 14.8. The molecule has 1 aliphatic heterocycles. The van der Waals surface area contributed by atoms with E-state index in [0.717, 1.165) is 24.8 Å². The van der Waals surface area contributed by atoms with Gasteiger partial charge in [0.05, 0.1) is 11.5 Å². The van der Waals surface area contributed by atoms with Crippen LogP contribution in [0.3, 0.4) is 0 Å². The van der Waals surface area contributed by atoms with E-state index >= 15 is 0 Å². The summed E-state index contributed by atoms with van der Waals surface area (Å²) < 4.78 is 5.17. The number of hydrogen-bond donors (Lipinski definition) is 3. The minimum atomic E-state index is -0.732. The molecule has 0 aliphatic carbocycles. The Morgan fingerprint density at radius 3 is 2.59 bits per heavy atom. The molecule has 1 aliphatic rings. The lowest BCUT2D eigenvalue weighted by atomic mass is 10.1. The molecule has 0 amide bonds. The summed E-state index contributed by atoms with van der Waals surface area (Å²) in [4.78, 5) is 25.9. The standard InChI is InChI=1S/C11H15ClN4O2.C7H14N4O3/c1-3-15(11(13-2)8-16(17)18)7-9-4-5-10(12)14-6-9;1-8-7(10-11(12)13)9-4-6-2-3-14-5-6/h4-6,8,13H,3,7H2,1-2H3;6H,2-5H2,1H3,(H2,8,9,10)/b11-8+;. The van der Waals surface area contributed by atoms with Gasteiger partial charge in [0.2, 0.25) is 0 Å². The third kappa shape index (κ3) is 10.7. The van der Waals surface area contributed by atoms with E-state index in [2.05, 4.69) is 26.0 Å². The zero-order valence-electron chi connectivity index (χ0n) is 18.3. The Kier molecular flexibility index (Phi) is 12.4. The number of hydrazone groups is 1. The van der Waals surface area contributed by atoms with Crippen LogP contribution in [0, 0.1) is 26.1 Å². The summed E-state index contributed by atoms with van der Waals surface area (Å²) in [5.74, 6) is 1.06. The lowest BCUT2D eigenvalue weighted by molar-refractivity contribution is -0.485. The second-order valence-electron chi connectivity index (χ2n) is 6.60. The van der Waals surface area contributed by atoms with E-state index in [9.17, 15) is 20.2 Å².